The highest BCUT2D eigenvalue weighted by Crippen LogP contribution is 2.30. The first-order chi connectivity index (χ1) is 9.74. The Labute approximate surface area is 120 Å². The molecule has 2 atom stereocenters. The van der Waals surface area contributed by atoms with Crippen LogP contribution in [-0.2, 0) is 17.6 Å². The molecule has 0 bridgehead atoms. The SMILES string of the molecule is Cc1ccc(CC(O)C2OCCc3ccccc32)cc1. The molecule has 0 fully saturated rings. The van der Waals surface area contributed by atoms with Crippen molar-refractivity contribution in [3.63, 3.8) is 0 Å². The number of hydrogen-bond donors (Lipinski definition) is 1. The van der Waals surface area contributed by atoms with Gasteiger partial charge in [-0.1, -0.05) is 54.1 Å². The first-order valence-electron chi connectivity index (χ1n) is 7.17. The molecular weight excluding hydrogens is 248 g/mol. The second-order valence-corrected chi connectivity index (χ2v) is 5.50. The maximum absolute atomic E-state index is 10.5. The smallest absolute Gasteiger partial charge is 0.109 e. The monoisotopic (exact) mass is 268 g/mol. The fraction of sp³-hybridized carbons (Fsp3) is 0.333. The molecule has 1 aliphatic heterocycles. The number of hydrogen-bond acceptors (Lipinski definition) is 2. The van der Waals surface area contributed by atoms with E-state index in [4.69, 9.17) is 4.74 Å². The number of benzene rings is 2. The fourth-order valence-corrected chi connectivity index (χ4v) is 2.82. The molecule has 20 heavy (non-hydrogen) atoms. The molecule has 0 amide bonds. The Balaban J connectivity index is 1.78. The van der Waals surface area contributed by atoms with Gasteiger partial charge in [-0.3, -0.25) is 0 Å². The molecule has 2 unspecified atom stereocenters. The zero-order chi connectivity index (χ0) is 13.9. The van der Waals surface area contributed by atoms with Crippen LogP contribution in [0.4, 0.5) is 0 Å². The van der Waals surface area contributed by atoms with Gasteiger partial charge in [0.1, 0.15) is 6.10 Å². The number of aliphatic hydroxyl groups excluding tert-OH is 1. The largest absolute Gasteiger partial charge is 0.390 e. The second kappa shape index (κ2) is 5.78. The van der Waals surface area contributed by atoms with E-state index in [1.54, 1.807) is 0 Å². The Kier molecular flexibility index (Phi) is 3.86. The minimum atomic E-state index is -0.501. The highest BCUT2D eigenvalue weighted by atomic mass is 16.5. The van der Waals surface area contributed by atoms with Gasteiger partial charge in [-0.25, -0.2) is 0 Å². The predicted molar refractivity (Wildman–Crippen MR) is 79.7 cm³/mol. The number of aliphatic hydroxyl groups is 1. The van der Waals surface area contributed by atoms with Crippen LogP contribution < -0.4 is 0 Å². The molecule has 1 N–H and O–H groups in total. The van der Waals surface area contributed by atoms with Crippen molar-refractivity contribution in [2.75, 3.05) is 6.61 Å². The third kappa shape index (κ3) is 2.77. The first-order valence-corrected chi connectivity index (χ1v) is 7.17. The molecule has 0 spiro atoms. The molecule has 2 heteroatoms. The van der Waals surface area contributed by atoms with E-state index >= 15 is 0 Å². The average Bonchev–Trinajstić information content (AvgIpc) is 2.49. The number of rotatable bonds is 3. The summed E-state index contributed by atoms with van der Waals surface area (Å²) in [5, 5.41) is 10.5. The molecule has 2 aromatic rings. The third-order valence-corrected chi connectivity index (χ3v) is 3.95. The first kappa shape index (κ1) is 13.3. The van der Waals surface area contributed by atoms with Gasteiger partial charge >= 0.3 is 0 Å². The lowest BCUT2D eigenvalue weighted by Gasteiger charge is -2.29. The Morgan fingerprint density at radius 1 is 1.15 bits per heavy atom. The molecule has 0 saturated carbocycles. The summed E-state index contributed by atoms with van der Waals surface area (Å²) in [4.78, 5) is 0. The zero-order valence-corrected chi connectivity index (χ0v) is 11.8. The standard InChI is InChI=1S/C18H20O2/c1-13-6-8-14(9-7-13)12-17(19)18-16-5-3-2-4-15(16)10-11-20-18/h2-9,17-19H,10-12H2,1H3. The Morgan fingerprint density at radius 3 is 2.70 bits per heavy atom. The van der Waals surface area contributed by atoms with E-state index in [2.05, 4.69) is 43.3 Å². The highest BCUT2D eigenvalue weighted by Gasteiger charge is 2.27. The van der Waals surface area contributed by atoms with Crippen LogP contribution in [0.5, 0.6) is 0 Å². The van der Waals surface area contributed by atoms with E-state index in [-0.39, 0.29) is 6.10 Å². The normalized spacial score (nSPS) is 19.4. The molecule has 3 rings (SSSR count). The molecule has 104 valence electrons. The lowest BCUT2D eigenvalue weighted by atomic mass is 9.92. The summed E-state index contributed by atoms with van der Waals surface area (Å²) in [6, 6.07) is 16.6. The van der Waals surface area contributed by atoms with Crippen molar-refractivity contribution in [3.8, 4) is 0 Å². The minimum Gasteiger partial charge on any atom is -0.390 e. The quantitative estimate of drug-likeness (QED) is 0.926. The lowest BCUT2D eigenvalue weighted by Crippen LogP contribution is -2.28. The molecule has 1 aliphatic rings. The van der Waals surface area contributed by atoms with Crippen LogP contribution in [0.25, 0.3) is 0 Å². The van der Waals surface area contributed by atoms with Crippen LogP contribution in [0.2, 0.25) is 0 Å². The molecule has 0 aromatic heterocycles. The van der Waals surface area contributed by atoms with Gasteiger partial charge in [-0.05, 0) is 30.0 Å². The van der Waals surface area contributed by atoms with Crippen molar-refractivity contribution in [1.29, 1.82) is 0 Å². The predicted octanol–water partition coefficient (Wildman–Crippen LogP) is 3.21. The Bertz CT molecular complexity index is 574. The average molecular weight is 268 g/mol. The molecule has 0 saturated heterocycles. The molecule has 2 aromatic carbocycles. The molecule has 0 aliphatic carbocycles. The maximum atomic E-state index is 10.5. The molecular formula is C18H20O2. The van der Waals surface area contributed by atoms with Crippen LogP contribution in [0.15, 0.2) is 48.5 Å². The van der Waals surface area contributed by atoms with Gasteiger partial charge in [0.05, 0.1) is 12.7 Å². The summed E-state index contributed by atoms with van der Waals surface area (Å²) in [6.07, 6.45) is 0.851. The Morgan fingerprint density at radius 2 is 1.90 bits per heavy atom. The summed E-state index contributed by atoms with van der Waals surface area (Å²) in [7, 11) is 0. The van der Waals surface area contributed by atoms with Crippen LogP contribution in [0.3, 0.4) is 0 Å². The van der Waals surface area contributed by atoms with Gasteiger partial charge < -0.3 is 9.84 Å². The van der Waals surface area contributed by atoms with Gasteiger partial charge in [0.15, 0.2) is 0 Å². The van der Waals surface area contributed by atoms with Crippen LogP contribution in [0.1, 0.15) is 28.4 Å². The third-order valence-electron chi connectivity index (χ3n) is 3.95. The van der Waals surface area contributed by atoms with Crippen molar-refractivity contribution < 1.29 is 9.84 Å². The van der Waals surface area contributed by atoms with Crippen LogP contribution in [-0.4, -0.2) is 17.8 Å². The summed E-state index contributed by atoms with van der Waals surface area (Å²) in [6.45, 7) is 2.76. The van der Waals surface area contributed by atoms with E-state index in [1.807, 2.05) is 12.1 Å². The van der Waals surface area contributed by atoms with E-state index < -0.39 is 6.10 Å². The summed E-state index contributed by atoms with van der Waals surface area (Å²) >= 11 is 0. The van der Waals surface area contributed by atoms with Gasteiger partial charge in [0.25, 0.3) is 0 Å². The van der Waals surface area contributed by atoms with Crippen LogP contribution >= 0.6 is 0 Å². The van der Waals surface area contributed by atoms with Crippen molar-refractivity contribution in [2.45, 2.75) is 32.0 Å². The van der Waals surface area contributed by atoms with Crippen molar-refractivity contribution in [3.05, 3.63) is 70.8 Å². The number of fused-ring (bicyclic) bond motifs is 1. The second-order valence-electron chi connectivity index (χ2n) is 5.50. The topological polar surface area (TPSA) is 29.5 Å². The lowest BCUT2D eigenvalue weighted by molar-refractivity contribution is -0.0460. The summed E-state index contributed by atoms with van der Waals surface area (Å²) in [5.41, 5.74) is 4.82. The van der Waals surface area contributed by atoms with E-state index in [0.29, 0.717) is 13.0 Å². The number of aryl methyl sites for hydroxylation is 1. The fourth-order valence-electron chi connectivity index (χ4n) is 2.82. The van der Waals surface area contributed by atoms with E-state index in [1.165, 1.54) is 11.1 Å². The zero-order valence-electron chi connectivity index (χ0n) is 11.8. The minimum absolute atomic E-state index is 0.207. The maximum Gasteiger partial charge on any atom is 0.109 e. The molecule has 1 heterocycles. The molecule has 0 radical (unpaired) electrons. The highest BCUT2D eigenvalue weighted by molar-refractivity contribution is 5.32. The molecule has 2 nitrogen and oxygen atoms in total. The van der Waals surface area contributed by atoms with Crippen molar-refractivity contribution >= 4 is 0 Å². The Hall–Kier alpha value is -1.64. The van der Waals surface area contributed by atoms with Crippen molar-refractivity contribution in [1.82, 2.24) is 0 Å². The summed E-state index contributed by atoms with van der Waals surface area (Å²) < 4.78 is 5.81. The van der Waals surface area contributed by atoms with Crippen LogP contribution in [0, 0.1) is 6.92 Å². The number of ether oxygens (including phenoxy) is 1. The van der Waals surface area contributed by atoms with Crippen molar-refractivity contribution in [2.24, 2.45) is 0 Å². The van der Waals surface area contributed by atoms with E-state index in [9.17, 15) is 5.11 Å². The van der Waals surface area contributed by atoms with Gasteiger partial charge in [-0.15, -0.1) is 0 Å². The van der Waals surface area contributed by atoms with E-state index in [0.717, 1.165) is 17.5 Å². The van der Waals surface area contributed by atoms with Gasteiger partial charge in [0, 0.05) is 6.42 Å². The summed E-state index contributed by atoms with van der Waals surface area (Å²) in [5.74, 6) is 0. The van der Waals surface area contributed by atoms with Gasteiger partial charge in [-0.2, -0.15) is 0 Å². The van der Waals surface area contributed by atoms with Gasteiger partial charge in [0.2, 0.25) is 0 Å².